The van der Waals surface area contributed by atoms with Gasteiger partial charge in [-0.15, -0.1) is 0 Å². The van der Waals surface area contributed by atoms with Crippen molar-refractivity contribution in [3.63, 3.8) is 0 Å². The molecule has 0 aromatic carbocycles. The second-order valence-electron chi connectivity index (χ2n) is 7.05. The number of likely N-dealkylation sites (tertiary alicyclic amines) is 1. The van der Waals surface area contributed by atoms with Crippen LogP contribution in [-0.2, 0) is 14.3 Å². The van der Waals surface area contributed by atoms with E-state index < -0.39 is 5.41 Å². The lowest BCUT2D eigenvalue weighted by molar-refractivity contribution is -0.128. The van der Waals surface area contributed by atoms with E-state index in [4.69, 9.17) is 9.47 Å². The van der Waals surface area contributed by atoms with Crippen LogP contribution in [0.3, 0.4) is 0 Å². The number of rotatable bonds is 9. The second kappa shape index (κ2) is 11.3. The molecule has 1 saturated heterocycles. The van der Waals surface area contributed by atoms with Gasteiger partial charge in [-0.1, -0.05) is 0 Å². The van der Waals surface area contributed by atoms with Crippen molar-refractivity contribution < 1.29 is 14.3 Å². The number of hydrogen-bond acceptors (Lipinski definition) is 4. The Morgan fingerprint density at radius 3 is 2.48 bits per heavy atom. The van der Waals surface area contributed by atoms with E-state index in [1.165, 1.54) is 0 Å². The minimum atomic E-state index is -0.477. The first-order chi connectivity index (χ1) is 11.9. The number of methoxy groups -OCH3 is 1. The topological polar surface area (TPSA) is 75.2 Å². The Bertz CT molecular complexity index is 419. The van der Waals surface area contributed by atoms with Crippen LogP contribution >= 0.6 is 0 Å². The van der Waals surface area contributed by atoms with Crippen LogP contribution in [0.4, 0.5) is 0 Å². The lowest BCUT2D eigenvalue weighted by atomic mass is 9.92. The number of piperidine rings is 1. The summed E-state index contributed by atoms with van der Waals surface area (Å²) in [4.78, 5) is 18.7. The normalized spacial score (nSPS) is 16.8. The molecule has 0 unspecified atom stereocenters. The fourth-order valence-corrected chi connectivity index (χ4v) is 2.80. The summed E-state index contributed by atoms with van der Waals surface area (Å²) in [6.45, 7) is 10.3. The van der Waals surface area contributed by atoms with Crippen LogP contribution in [0.5, 0.6) is 0 Å². The highest BCUT2D eigenvalue weighted by atomic mass is 16.5. The zero-order chi connectivity index (χ0) is 18.7. The number of hydrogen-bond donors (Lipinski definition) is 2. The van der Waals surface area contributed by atoms with Crippen molar-refractivity contribution in [3.8, 4) is 0 Å². The molecule has 7 nitrogen and oxygen atoms in total. The number of nitrogens with one attached hydrogen (secondary N) is 2. The van der Waals surface area contributed by atoms with Gasteiger partial charge in [0.05, 0.1) is 11.5 Å². The van der Waals surface area contributed by atoms with Gasteiger partial charge < -0.3 is 25.0 Å². The predicted molar refractivity (Wildman–Crippen MR) is 101 cm³/mol. The highest BCUT2D eigenvalue weighted by molar-refractivity contribution is 5.84. The molecule has 0 bridgehead atoms. The van der Waals surface area contributed by atoms with Crippen molar-refractivity contribution in [1.82, 2.24) is 15.5 Å². The standard InChI is InChI=1S/C18H36N4O3/c1-6-20-16(23)18(2,3)14-21-17(19-4)22-10-8-15(9-11-22)25-13-7-12-24-5/h15H,6-14H2,1-5H3,(H,19,21)(H,20,23). The maximum Gasteiger partial charge on any atom is 0.227 e. The van der Waals surface area contributed by atoms with Crippen molar-refractivity contribution in [2.75, 3.05) is 53.6 Å². The molecule has 146 valence electrons. The first-order valence-corrected chi connectivity index (χ1v) is 9.29. The van der Waals surface area contributed by atoms with Crippen molar-refractivity contribution in [2.24, 2.45) is 10.4 Å². The molecular formula is C18H36N4O3. The van der Waals surface area contributed by atoms with Gasteiger partial charge in [-0.3, -0.25) is 9.79 Å². The number of ether oxygens (including phenoxy) is 2. The average Bonchev–Trinajstić information content (AvgIpc) is 2.60. The number of nitrogens with zero attached hydrogens (tertiary/aromatic N) is 2. The zero-order valence-electron chi connectivity index (χ0n) is 16.6. The molecular weight excluding hydrogens is 320 g/mol. The van der Waals surface area contributed by atoms with Gasteiger partial charge in [0, 0.05) is 53.6 Å². The molecule has 0 aromatic rings. The van der Waals surface area contributed by atoms with E-state index in [2.05, 4.69) is 20.5 Å². The molecule has 1 fully saturated rings. The molecule has 0 spiro atoms. The van der Waals surface area contributed by atoms with E-state index in [1.54, 1.807) is 14.2 Å². The maximum atomic E-state index is 12.1. The summed E-state index contributed by atoms with van der Waals surface area (Å²) in [5, 5.41) is 6.23. The van der Waals surface area contributed by atoms with Gasteiger partial charge in [0.15, 0.2) is 5.96 Å². The molecule has 25 heavy (non-hydrogen) atoms. The third kappa shape index (κ3) is 7.61. The Balaban J connectivity index is 2.38. The number of carbonyl (C=O) groups is 1. The third-order valence-corrected chi connectivity index (χ3v) is 4.44. The summed E-state index contributed by atoms with van der Waals surface area (Å²) < 4.78 is 10.9. The molecule has 0 aliphatic carbocycles. The van der Waals surface area contributed by atoms with Gasteiger partial charge in [0.2, 0.25) is 5.91 Å². The highest BCUT2D eigenvalue weighted by Crippen LogP contribution is 2.16. The summed E-state index contributed by atoms with van der Waals surface area (Å²) in [5.74, 6) is 0.913. The quantitative estimate of drug-likeness (QED) is 0.369. The van der Waals surface area contributed by atoms with E-state index in [-0.39, 0.29) is 5.91 Å². The number of amides is 1. The van der Waals surface area contributed by atoms with Crippen LogP contribution in [0.25, 0.3) is 0 Å². The summed E-state index contributed by atoms with van der Waals surface area (Å²) in [7, 11) is 3.50. The van der Waals surface area contributed by atoms with Gasteiger partial charge in [-0.2, -0.15) is 0 Å². The average molecular weight is 357 g/mol. The predicted octanol–water partition coefficient (Wildman–Crippen LogP) is 1.24. The van der Waals surface area contributed by atoms with Crippen molar-refractivity contribution in [2.45, 2.75) is 46.1 Å². The van der Waals surface area contributed by atoms with Crippen molar-refractivity contribution in [3.05, 3.63) is 0 Å². The molecule has 0 saturated carbocycles. The van der Waals surface area contributed by atoms with Crippen LogP contribution < -0.4 is 10.6 Å². The Morgan fingerprint density at radius 1 is 1.24 bits per heavy atom. The molecule has 7 heteroatoms. The summed E-state index contributed by atoms with van der Waals surface area (Å²) in [5.41, 5.74) is -0.477. The van der Waals surface area contributed by atoms with Crippen LogP contribution in [0.1, 0.15) is 40.0 Å². The zero-order valence-corrected chi connectivity index (χ0v) is 16.6. The van der Waals surface area contributed by atoms with Gasteiger partial charge in [0.1, 0.15) is 0 Å². The van der Waals surface area contributed by atoms with Gasteiger partial charge in [-0.05, 0) is 40.0 Å². The fourth-order valence-electron chi connectivity index (χ4n) is 2.80. The van der Waals surface area contributed by atoms with Crippen molar-refractivity contribution in [1.29, 1.82) is 0 Å². The van der Waals surface area contributed by atoms with Crippen molar-refractivity contribution >= 4 is 11.9 Å². The summed E-state index contributed by atoms with van der Waals surface area (Å²) in [6.07, 6.45) is 3.24. The Hall–Kier alpha value is -1.34. The lowest BCUT2D eigenvalue weighted by Crippen LogP contribution is -2.51. The Morgan fingerprint density at radius 2 is 1.92 bits per heavy atom. The number of carbonyl (C=O) groups excluding carboxylic acids is 1. The molecule has 1 aliphatic heterocycles. The SMILES string of the molecule is CCNC(=O)C(C)(C)CNC(=NC)N1CCC(OCCCOC)CC1. The van der Waals surface area contributed by atoms with E-state index in [0.717, 1.165) is 51.5 Å². The maximum absolute atomic E-state index is 12.1. The molecule has 2 N–H and O–H groups in total. The molecule has 1 amide bonds. The van der Waals surface area contributed by atoms with Gasteiger partial charge >= 0.3 is 0 Å². The van der Waals surface area contributed by atoms with Crippen LogP contribution in [0.15, 0.2) is 4.99 Å². The minimum absolute atomic E-state index is 0.0566. The number of guanidine groups is 1. The first kappa shape index (κ1) is 21.7. The van der Waals surface area contributed by atoms with E-state index in [1.807, 2.05) is 20.8 Å². The van der Waals surface area contributed by atoms with Crippen LogP contribution in [0.2, 0.25) is 0 Å². The molecule has 1 rings (SSSR count). The summed E-state index contributed by atoms with van der Waals surface area (Å²) in [6, 6.07) is 0. The van der Waals surface area contributed by atoms with Gasteiger partial charge in [0.25, 0.3) is 0 Å². The Labute approximate surface area is 152 Å². The smallest absolute Gasteiger partial charge is 0.227 e. The highest BCUT2D eigenvalue weighted by Gasteiger charge is 2.28. The Kier molecular flexibility index (Phi) is 9.82. The van der Waals surface area contributed by atoms with Crippen LogP contribution in [-0.4, -0.2) is 76.4 Å². The van der Waals surface area contributed by atoms with E-state index in [9.17, 15) is 4.79 Å². The number of aliphatic imine (C=N–C) groups is 1. The molecule has 0 radical (unpaired) electrons. The second-order valence-corrected chi connectivity index (χ2v) is 7.05. The largest absolute Gasteiger partial charge is 0.385 e. The lowest BCUT2D eigenvalue weighted by Gasteiger charge is -2.35. The monoisotopic (exact) mass is 356 g/mol. The first-order valence-electron chi connectivity index (χ1n) is 9.29. The van der Waals surface area contributed by atoms with E-state index >= 15 is 0 Å². The molecule has 0 atom stereocenters. The molecule has 1 heterocycles. The minimum Gasteiger partial charge on any atom is -0.385 e. The third-order valence-electron chi connectivity index (χ3n) is 4.44. The van der Waals surface area contributed by atoms with Gasteiger partial charge in [-0.25, -0.2) is 0 Å². The molecule has 1 aliphatic rings. The fraction of sp³-hybridized carbons (Fsp3) is 0.889. The molecule has 0 aromatic heterocycles. The van der Waals surface area contributed by atoms with Crippen LogP contribution in [0, 0.1) is 5.41 Å². The van der Waals surface area contributed by atoms with E-state index in [0.29, 0.717) is 19.2 Å². The summed E-state index contributed by atoms with van der Waals surface area (Å²) >= 11 is 0.